The molecule has 0 N–H and O–H groups in total. The Morgan fingerprint density at radius 3 is 2.45 bits per heavy atom. The average molecular weight is 402 g/mol. The van der Waals surface area contributed by atoms with Gasteiger partial charge in [-0.3, -0.25) is 9.80 Å². The van der Waals surface area contributed by atoms with Crippen LogP contribution in [0.2, 0.25) is 0 Å². The maximum atomic E-state index is 13.7. The first-order valence-electron chi connectivity index (χ1n) is 10.4. The van der Waals surface area contributed by atoms with Crippen molar-refractivity contribution in [3.05, 3.63) is 59.7 Å². The van der Waals surface area contributed by atoms with Crippen LogP contribution in [0.1, 0.15) is 18.4 Å². The molecule has 0 saturated carbocycles. The molecule has 29 heavy (non-hydrogen) atoms. The van der Waals surface area contributed by atoms with Crippen molar-refractivity contribution in [1.29, 1.82) is 0 Å². The first-order chi connectivity index (χ1) is 14.1. The van der Waals surface area contributed by atoms with Crippen LogP contribution in [0.25, 0.3) is 0 Å². The van der Waals surface area contributed by atoms with Gasteiger partial charge in [-0.1, -0.05) is 6.07 Å². The molecule has 0 aliphatic carbocycles. The van der Waals surface area contributed by atoms with Gasteiger partial charge in [0, 0.05) is 51.0 Å². The Hall–Kier alpha value is -2.18. The zero-order chi connectivity index (χ0) is 20.2. The molecular formula is C23H29F2N3O. The number of rotatable bonds is 5. The van der Waals surface area contributed by atoms with Gasteiger partial charge in [-0.05, 0) is 61.3 Å². The van der Waals surface area contributed by atoms with Crippen LogP contribution in [0.15, 0.2) is 42.5 Å². The molecule has 0 spiro atoms. The van der Waals surface area contributed by atoms with E-state index in [0.29, 0.717) is 11.8 Å². The van der Waals surface area contributed by atoms with Gasteiger partial charge in [0.1, 0.15) is 5.82 Å². The third-order valence-electron chi connectivity index (χ3n) is 6.12. The van der Waals surface area contributed by atoms with E-state index in [4.69, 9.17) is 4.74 Å². The lowest BCUT2D eigenvalue weighted by atomic mass is 10.0. The number of ether oxygens (including phenoxy) is 1. The van der Waals surface area contributed by atoms with Crippen LogP contribution in [0.5, 0.6) is 5.75 Å². The van der Waals surface area contributed by atoms with Crippen molar-refractivity contribution in [3.63, 3.8) is 0 Å². The van der Waals surface area contributed by atoms with E-state index in [0.717, 1.165) is 57.1 Å². The number of anilines is 1. The number of likely N-dealkylation sites (tertiary alicyclic amines) is 1. The van der Waals surface area contributed by atoms with E-state index in [1.807, 2.05) is 18.2 Å². The highest BCUT2D eigenvalue weighted by molar-refractivity contribution is 5.46. The normalized spacial score (nSPS) is 21.3. The molecule has 0 aromatic heterocycles. The van der Waals surface area contributed by atoms with Gasteiger partial charge in [-0.15, -0.1) is 0 Å². The van der Waals surface area contributed by atoms with Crippen LogP contribution < -0.4 is 9.64 Å². The molecule has 1 atom stereocenters. The lowest BCUT2D eigenvalue weighted by molar-refractivity contribution is 0.0887. The predicted molar refractivity (Wildman–Crippen MR) is 111 cm³/mol. The minimum absolute atomic E-state index is 0.187. The topological polar surface area (TPSA) is 19.0 Å². The molecular weight excluding hydrogens is 372 g/mol. The zero-order valence-corrected chi connectivity index (χ0v) is 17.0. The van der Waals surface area contributed by atoms with Gasteiger partial charge >= 0.3 is 0 Å². The van der Waals surface area contributed by atoms with Crippen molar-refractivity contribution >= 4 is 5.69 Å². The highest BCUT2D eigenvalue weighted by Crippen LogP contribution is 2.24. The summed E-state index contributed by atoms with van der Waals surface area (Å²) in [7, 11) is 1.50. The van der Waals surface area contributed by atoms with Crippen LogP contribution in [-0.2, 0) is 6.54 Å². The molecule has 156 valence electrons. The molecule has 0 amide bonds. The van der Waals surface area contributed by atoms with Crippen molar-refractivity contribution in [2.24, 2.45) is 0 Å². The Morgan fingerprint density at radius 1 is 0.966 bits per heavy atom. The van der Waals surface area contributed by atoms with Crippen LogP contribution in [-0.4, -0.2) is 62.2 Å². The molecule has 4 nitrogen and oxygen atoms in total. The number of benzene rings is 2. The number of methoxy groups -OCH3 is 1. The molecule has 6 heteroatoms. The number of halogens is 2. The maximum absolute atomic E-state index is 13.7. The summed E-state index contributed by atoms with van der Waals surface area (Å²) >= 11 is 0. The number of piperazine rings is 1. The summed E-state index contributed by atoms with van der Waals surface area (Å²) in [6.45, 7) is 6.93. The van der Waals surface area contributed by atoms with Crippen LogP contribution in [0.4, 0.5) is 14.5 Å². The minimum Gasteiger partial charge on any atom is -0.494 e. The van der Waals surface area contributed by atoms with E-state index < -0.39 is 0 Å². The molecule has 2 fully saturated rings. The average Bonchev–Trinajstić information content (AvgIpc) is 2.76. The Morgan fingerprint density at radius 2 is 1.72 bits per heavy atom. The van der Waals surface area contributed by atoms with Gasteiger partial charge in [-0.2, -0.15) is 0 Å². The van der Waals surface area contributed by atoms with Gasteiger partial charge in [0.05, 0.1) is 7.11 Å². The highest BCUT2D eigenvalue weighted by atomic mass is 19.1. The standard InChI is InChI=1S/C23H29F2N3O/c1-29-23-15-18(4-9-22(23)25)16-26-10-2-3-21(17-26)28-13-11-27(12-14-28)20-7-5-19(24)6-8-20/h4-9,15,21H,2-3,10-14,16-17H2,1H3/t21-/m1/s1. The smallest absolute Gasteiger partial charge is 0.165 e. The molecule has 0 radical (unpaired) electrons. The van der Waals surface area contributed by atoms with Gasteiger partial charge < -0.3 is 9.64 Å². The second-order valence-electron chi connectivity index (χ2n) is 8.00. The minimum atomic E-state index is -0.313. The quantitative estimate of drug-likeness (QED) is 0.759. The molecule has 2 saturated heterocycles. The number of piperidine rings is 1. The largest absolute Gasteiger partial charge is 0.494 e. The lowest BCUT2D eigenvalue weighted by Gasteiger charge is -2.44. The van der Waals surface area contributed by atoms with Crippen molar-refractivity contribution in [2.45, 2.75) is 25.4 Å². The molecule has 2 heterocycles. The van der Waals surface area contributed by atoms with E-state index in [-0.39, 0.29) is 11.6 Å². The van der Waals surface area contributed by atoms with Crippen molar-refractivity contribution in [3.8, 4) is 5.75 Å². The summed E-state index contributed by atoms with van der Waals surface area (Å²) < 4.78 is 31.9. The van der Waals surface area contributed by atoms with Crippen LogP contribution >= 0.6 is 0 Å². The summed E-state index contributed by atoms with van der Waals surface area (Å²) in [5, 5.41) is 0. The molecule has 4 rings (SSSR count). The third kappa shape index (κ3) is 4.87. The summed E-state index contributed by atoms with van der Waals surface area (Å²) in [6, 6.07) is 12.5. The first kappa shape index (κ1) is 20.1. The third-order valence-corrected chi connectivity index (χ3v) is 6.12. The molecule has 2 aromatic rings. The van der Waals surface area contributed by atoms with E-state index in [9.17, 15) is 8.78 Å². The van der Waals surface area contributed by atoms with Gasteiger partial charge in [0.2, 0.25) is 0 Å². The Kier molecular flexibility index (Phi) is 6.31. The van der Waals surface area contributed by atoms with E-state index in [1.165, 1.54) is 38.2 Å². The predicted octanol–water partition coefficient (Wildman–Crippen LogP) is 3.76. The van der Waals surface area contributed by atoms with Crippen molar-refractivity contribution in [1.82, 2.24) is 9.80 Å². The fourth-order valence-corrected chi connectivity index (χ4v) is 4.53. The van der Waals surface area contributed by atoms with Crippen molar-refractivity contribution < 1.29 is 13.5 Å². The highest BCUT2D eigenvalue weighted by Gasteiger charge is 2.28. The SMILES string of the molecule is COc1cc(CN2CCC[C@@H](N3CCN(c4ccc(F)cc4)CC3)C2)ccc1F. The fraction of sp³-hybridized carbons (Fsp3) is 0.478. The molecule has 2 aromatic carbocycles. The summed E-state index contributed by atoms with van der Waals surface area (Å²) in [4.78, 5) is 7.39. The number of hydrogen-bond donors (Lipinski definition) is 0. The lowest BCUT2D eigenvalue weighted by Crippen LogP contribution is -2.55. The Bertz CT molecular complexity index is 806. The van der Waals surface area contributed by atoms with E-state index in [1.54, 1.807) is 6.07 Å². The van der Waals surface area contributed by atoms with Gasteiger partial charge in [0.25, 0.3) is 0 Å². The Balaban J connectivity index is 1.31. The van der Waals surface area contributed by atoms with Crippen LogP contribution in [0.3, 0.4) is 0 Å². The molecule has 2 aliphatic heterocycles. The zero-order valence-electron chi connectivity index (χ0n) is 17.0. The second-order valence-corrected chi connectivity index (χ2v) is 8.00. The van der Waals surface area contributed by atoms with E-state index in [2.05, 4.69) is 14.7 Å². The van der Waals surface area contributed by atoms with Crippen molar-refractivity contribution in [2.75, 3.05) is 51.3 Å². The summed E-state index contributed by atoms with van der Waals surface area (Å²) in [5.41, 5.74) is 2.19. The molecule has 2 aliphatic rings. The monoisotopic (exact) mass is 401 g/mol. The number of nitrogens with zero attached hydrogens (tertiary/aromatic N) is 3. The Labute approximate surface area is 171 Å². The van der Waals surface area contributed by atoms with Crippen LogP contribution in [0, 0.1) is 11.6 Å². The molecule has 0 bridgehead atoms. The summed E-state index contributed by atoms with van der Waals surface area (Å²) in [6.07, 6.45) is 2.40. The van der Waals surface area contributed by atoms with Gasteiger partial charge in [0.15, 0.2) is 11.6 Å². The van der Waals surface area contributed by atoms with Gasteiger partial charge in [-0.25, -0.2) is 8.78 Å². The van der Waals surface area contributed by atoms with E-state index >= 15 is 0 Å². The summed E-state index contributed by atoms with van der Waals surface area (Å²) in [5.74, 6) is -0.187. The molecule has 0 unspecified atom stereocenters. The second kappa shape index (κ2) is 9.09. The fourth-order valence-electron chi connectivity index (χ4n) is 4.53. The number of hydrogen-bond acceptors (Lipinski definition) is 4. The first-order valence-corrected chi connectivity index (χ1v) is 10.4. The maximum Gasteiger partial charge on any atom is 0.165 e.